The molecule has 1 fully saturated rings. The van der Waals surface area contributed by atoms with Gasteiger partial charge in [0.1, 0.15) is 5.75 Å². The van der Waals surface area contributed by atoms with Crippen molar-refractivity contribution in [2.75, 3.05) is 19.5 Å². The van der Waals surface area contributed by atoms with Gasteiger partial charge < -0.3 is 14.2 Å². The normalized spacial score (nSPS) is 17.9. The van der Waals surface area contributed by atoms with E-state index in [1.165, 1.54) is 16.7 Å². The predicted octanol–water partition coefficient (Wildman–Crippen LogP) is 8.17. The third kappa shape index (κ3) is 6.05. The average Bonchev–Trinajstić information content (AvgIpc) is 3.00. The molecule has 2 atom stereocenters. The molecule has 0 radical (unpaired) electrons. The molecule has 4 aromatic rings. The van der Waals surface area contributed by atoms with E-state index < -0.39 is 0 Å². The molecule has 194 valence electrons. The van der Waals surface area contributed by atoms with E-state index in [0.717, 1.165) is 29.9 Å². The van der Waals surface area contributed by atoms with Crippen LogP contribution in [0.1, 0.15) is 41.4 Å². The van der Waals surface area contributed by atoms with Crippen LogP contribution in [-0.4, -0.2) is 25.6 Å². The van der Waals surface area contributed by atoms with Crippen molar-refractivity contribution in [2.24, 2.45) is 0 Å². The topological polar surface area (TPSA) is 27.7 Å². The van der Waals surface area contributed by atoms with Crippen molar-refractivity contribution in [3.63, 3.8) is 0 Å². The van der Waals surface area contributed by atoms with Crippen LogP contribution in [-0.2, 0) is 14.2 Å². The summed E-state index contributed by atoms with van der Waals surface area (Å²) in [7, 11) is 1.67. The van der Waals surface area contributed by atoms with Crippen LogP contribution in [0.5, 0.6) is 5.75 Å². The Kier molecular flexibility index (Phi) is 8.98. The number of hydrogen-bond acceptors (Lipinski definition) is 4. The van der Waals surface area contributed by atoms with Crippen molar-refractivity contribution in [2.45, 2.75) is 30.0 Å². The quantitative estimate of drug-likeness (QED) is 0.119. The van der Waals surface area contributed by atoms with Gasteiger partial charge in [-0.2, -0.15) is 0 Å². The largest absolute Gasteiger partial charge is 0.497 e. The molecular weight excluding hydrogens is 488 g/mol. The molecule has 1 heterocycles. The van der Waals surface area contributed by atoms with Crippen LogP contribution in [0.4, 0.5) is 0 Å². The molecule has 0 amide bonds. The summed E-state index contributed by atoms with van der Waals surface area (Å²) in [4.78, 5) is 0. The molecule has 5 rings (SSSR count). The molecule has 0 aliphatic carbocycles. The first kappa shape index (κ1) is 26.3. The predicted molar refractivity (Wildman–Crippen MR) is 157 cm³/mol. The number of thioether (sulfide) groups is 1. The fourth-order valence-corrected chi connectivity index (χ4v) is 6.40. The van der Waals surface area contributed by atoms with Crippen molar-refractivity contribution in [1.82, 2.24) is 0 Å². The fraction of sp³-hybridized carbons (Fsp3) is 0.235. The molecule has 4 heteroatoms. The molecule has 38 heavy (non-hydrogen) atoms. The molecule has 0 aromatic heterocycles. The van der Waals surface area contributed by atoms with Crippen molar-refractivity contribution >= 4 is 11.8 Å². The molecule has 0 bridgehead atoms. The first-order valence-corrected chi connectivity index (χ1v) is 14.2. The second-order valence-corrected chi connectivity index (χ2v) is 10.6. The molecule has 3 nitrogen and oxygen atoms in total. The van der Waals surface area contributed by atoms with Gasteiger partial charge in [0.15, 0.2) is 6.29 Å². The van der Waals surface area contributed by atoms with Crippen molar-refractivity contribution < 1.29 is 14.2 Å². The third-order valence-corrected chi connectivity index (χ3v) is 8.43. The summed E-state index contributed by atoms with van der Waals surface area (Å²) in [6.45, 7) is 0.680. The van der Waals surface area contributed by atoms with Crippen LogP contribution in [0.15, 0.2) is 127 Å². The van der Waals surface area contributed by atoms with Crippen LogP contribution < -0.4 is 4.74 Å². The maximum Gasteiger partial charge on any atom is 0.184 e. The highest BCUT2D eigenvalue weighted by molar-refractivity contribution is 8.00. The van der Waals surface area contributed by atoms with Crippen LogP contribution in [0.2, 0.25) is 0 Å². The Morgan fingerprint density at radius 3 is 1.87 bits per heavy atom. The lowest BCUT2D eigenvalue weighted by Crippen LogP contribution is -2.26. The van der Waals surface area contributed by atoms with Crippen LogP contribution in [0, 0.1) is 0 Å². The summed E-state index contributed by atoms with van der Waals surface area (Å²) in [5.74, 6) is 1.80. The van der Waals surface area contributed by atoms with Gasteiger partial charge >= 0.3 is 0 Å². The van der Waals surface area contributed by atoms with Gasteiger partial charge in [0, 0.05) is 12.0 Å². The maximum absolute atomic E-state index is 6.24. The zero-order valence-corrected chi connectivity index (χ0v) is 22.6. The molecule has 1 saturated heterocycles. The highest BCUT2D eigenvalue weighted by Crippen LogP contribution is 2.48. The van der Waals surface area contributed by atoms with E-state index in [9.17, 15) is 0 Å². The van der Waals surface area contributed by atoms with Crippen LogP contribution in [0.25, 0.3) is 0 Å². The first-order chi connectivity index (χ1) is 18.8. The SMILES string of the molecule is COc1ccc([C@H]2OCC[C@@H](/C=C/CCSC(c3ccccc3)(c3ccccc3)c3ccccc3)O2)cc1. The first-order valence-electron chi connectivity index (χ1n) is 13.2. The lowest BCUT2D eigenvalue weighted by molar-refractivity contribution is -0.204. The number of benzene rings is 4. The van der Waals surface area contributed by atoms with E-state index in [1.54, 1.807) is 7.11 Å². The van der Waals surface area contributed by atoms with E-state index >= 15 is 0 Å². The highest BCUT2D eigenvalue weighted by Gasteiger charge is 2.36. The lowest BCUT2D eigenvalue weighted by Gasteiger charge is -2.35. The van der Waals surface area contributed by atoms with E-state index in [1.807, 2.05) is 36.0 Å². The number of methoxy groups -OCH3 is 1. The van der Waals surface area contributed by atoms with Crippen LogP contribution in [0.3, 0.4) is 0 Å². The molecule has 0 unspecified atom stereocenters. The van der Waals surface area contributed by atoms with Gasteiger partial charge in [-0.1, -0.05) is 115 Å². The Bertz CT molecular complexity index is 1180. The van der Waals surface area contributed by atoms with Gasteiger partial charge in [-0.05, 0) is 41.0 Å². The molecule has 1 aliphatic heterocycles. The fourth-order valence-electron chi connectivity index (χ4n) is 4.93. The Morgan fingerprint density at radius 1 is 0.789 bits per heavy atom. The van der Waals surface area contributed by atoms with Crippen molar-refractivity contribution in [1.29, 1.82) is 0 Å². The Hall–Kier alpha value is -3.31. The second kappa shape index (κ2) is 13.0. The number of hydrogen-bond donors (Lipinski definition) is 0. The monoisotopic (exact) mass is 522 g/mol. The standard InChI is InChI=1S/C34H34O3S/c1-35-31-22-20-27(21-23-31)33-36-25-24-32(37-33)19-11-12-26-38-34(28-13-5-2-6-14-28,29-15-7-3-8-16-29)30-17-9-4-10-18-30/h2-11,13-23,32-33H,12,24-26H2,1H3/b19-11+/t32-,33+/m1/s1. The summed E-state index contributed by atoms with van der Waals surface area (Å²) in [6.07, 6.45) is 5.98. The Labute approximate surface area is 230 Å². The van der Waals surface area contributed by atoms with Gasteiger partial charge in [0.25, 0.3) is 0 Å². The minimum absolute atomic E-state index is 0.0444. The zero-order chi connectivity index (χ0) is 26.0. The smallest absolute Gasteiger partial charge is 0.184 e. The third-order valence-electron chi connectivity index (χ3n) is 6.85. The van der Waals surface area contributed by atoms with Crippen molar-refractivity contribution in [3.8, 4) is 5.75 Å². The van der Waals surface area contributed by atoms with Gasteiger partial charge in [-0.25, -0.2) is 0 Å². The summed E-state index contributed by atoms with van der Waals surface area (Å²) >= 11 is 1.99. The molecule has 1 aliphatic rings. The second-order valence-electron chi connectivity index (χ2n) is 9.28. The number of ether oxygens (including phenoxy) is 3. The lowest BCUT2D eigenvalue weighted by atomic mass is 9.84. The van der Waals surface area contributed by atoms with Crippen molar-refractivity contribution in [3.05, 3.63) is 150 Å². The Balaban J connectivity index is 1.29. The molecule has 0 spiro atoms. The number of rotatable bonds is 10. The van der Waals surface area contributed by atoms with E-state index in [0.29, 0.717) is 6.61 Å². The summed E-state index contributed by atoms with van der Waals surface area (Å²) in [5.41, 5.74) is 4.89. The molecular formula is C34H34O3S. The zero-order valence-electron chi connectivity index (χ0n) is 21.7. The van der Waals surface area contributed by atoms with Gasteiger partial charge in [0.05, 0.1) is 24.6 Å². The minimum atomic E-state index is -0.347. The average molecular weight is 523 g/mol. The van der Waals surface area contributed by atoms with Gasteiger partial charge in [0.2, 0.25) is 0 Å². The maximum atomic E-state index is 6.24. The van der Waals surface area contributed by atoms with E-state index in [-0.39, 0.29) is 17.1 Å². The summed E-state index contributed by atoms with van der Waals surface area (Å²) in [5, 5.41) is 0. The molecule has 4 aromatic carbocycles. The highest BCUT2D eigenvalue weighted by atomic mass is 32.2. The van der Waals surface area contributed by atoms with Gasteiger partial charge in [-0.15, -0.1) is 11.8 Å². The van der Waals surface area contributed by atoms with E-state index in [4.69, 9.17) is 14.2 Å². The van der Waals surface area contributed by atoms with E-state index in [2.05, 4.69) is 103 Å². The number of allylic oxidation sites excluding steroid dienone is 1. The van der Waals surface area contributed by atoms with Crippen LogP contribution >= 0.6 is 11.8 Å². The minimum Gasteiger partial charge on any atom is -0.497 e. The summed E-state index contributed by atoms with van der Waals surface area (Å²) in [6, 6.07) is 40.5. The molecule has 0 saturated carbocycles. The molecule has 0 N–H and O–H groups in total. The van der Waals surface area contributed by atoms with Gasteiger partial charge in [-0.3, -0.25) is 0 Å². The summed E-state index contributed by atoms with van der Waals surface area (Å²) < 4.78 is 17.1. The Morgan fingerprint density at radius 2 is 1.34 bits per heavy atom.